The van der Waals surface area contributed by atoms with Crippen LogP contribution in [0.4, 0.5) is 8.78 Å². The number of thiophene rings is 1. The van der Waals surface area contributed by atoms with Crippen LogP contribution in [-0.4, -0.2) is 19.7 Å². The van der Waals surface area contributed by atoms with Crippen molar-refractivity contribution in [1.82, 2.24) is 0 Å². The molecule has 0 aliphatic heterocycles. The zero-order chi connectivity index (χ0) is 17.0. The second-order valence-corrected chi connectivity index (χ2v) is 6.17. The number of methoxy groups -OCH3 is 1. The molecule has 0 bridgehead atoms. The van der Waals surface area contributed by atoms with Crippen LogP contribution in [0, 0.1) is 6.92 Å². The van der Waals surface area contributed by atoms with Crippen LogP contribution in [0.3, 0.4) is 0 Å². The molecule has 0 aliphatic rings. The van der Waals surface area contributed by atoms with Gasteiger partial charge in [-0.15, -0.1) is 11.3 Å². The molecular formula is C15H13ClF2O4S. The maximum Gasteiger partial charge on any atom is 0.387 e. The molecule has 1 heterocycles. The first kappa shape index (κ1) is 17.5. The molecule has 0 N–H and O–H groups in total. The molecule has 0 saturated carbocycles. The van der Waals surface area contributed by atoms with Crippen LogP contribution < -0.4 is 9.47 Å². The fraction of sp³-hybridized carbons (Fsp3) is 0.267. The molecule has 124 valence electrons. The molecule has 8 heteroatoms. The van der Waals surface area contributed by atoms with E-state index in [1.807, 2.05) is 13.0 Å². The van der Waals surface area contributed by atoms with Gasteiger partial charge in [0.15, 0.2) is 11.5 Å². The van der Waals surface area contributed by atoms with Crippen molar-refractivity contribution in [3.63, 3.8) is 0 Å². The lowest BCUT2D eigenvalue weighted by molar-refractivity contribution is -0.0511. The minimum absolute atomic E-state index is 0.0378. The Kier molecular flexibility index (Phi) is 5.79. The number of aryl methyl sites for hydroxylation is 1. The van der Waals surface area contributed by atoms with Crippen molar-refractivity contribution < 1.29 is 27.8 Å². The number of hydrogen-bond donors (Lipinski definition) is 0. The molecule has 0 saturated heterocycles. The number of esters is 1. The van der Waals surface area contributed by atoms with Gasteiger partial charge >= 0.3 is 12.6 Å². The summed E-state index contributed by atoms with van der Waals surface area (Å²) in [6.07, 6.45) is 0. The summed E-state index contributed by atoms with van der Waals surface area (Å²) in [5.74, 6) is -0.685. The van der Waals surface area contributed by atoms with E-state index in [1.165, 1.54) is 30.6 Å². The van der Waals surface area contributed by atoms with Crippen molar-refractivity contribution in [2.24, 2.45) is 0 Å². The predicted molar refractivity (Wildman–Crippen MR) is 82.8 cm³/mol. The van der Waals surface area contributed by atoms with Gasteiger partial charge in [-0.2, -0.15) is 8.78 Å². The number of hydrogen-bond acceptors (Lipinski definition) is 5. The van der Waals surface area contributed by atoms with Gasteiger partial charge in [-0.05, 0) is 36.8 Å². The lowest BCUT2D eigenvalue weighted by atomic mass is 10.2. The molecule has 0 amide bonds. The van der Waals surface area contributed by atoms with E-state index in [4.69, 9.17) is 21.1 Å². The number of ether oxygens (including phenoxy) is 3. The van der Waals surface area contributed by atoms with E-state index in [-0.39, 0.29) is 23.1 Å². The van der Waals surface area contributed by atoms with Crippen molar-refractivity contribution >= 4 is 28.9 Å². The van der Waals surface area contributed by atoms with E-state index in [1.54, 1.807) is 6.07 Å². The summed E-state index contributed by atoms with van der Waals surface area (Å²) in [7, 11) is 1.30. The average Bonchev–Trinajstić information content (AvgIpc) is 2.93. The second-order valence-electron chi connectivity index (χ2n) is 4.47. The monoisotopic (exact) mass is 362 g/mol. The average molecular weight is 363 g/mol. The topological polar surface area (TPSA) is 44.8 Å². The Balaban J connectivity index is 2.11. The molecule has 0 fully saturated rings. The molecule has 0 unspecified atom stereocenters. The van der Waals surface area contributed by atoms with E-state index in [0.29, 0.717) is 10.4 Å². The van der Waals surface area contributed by atoms with Crippen LogP contribution in [0.15, 0.2) is 24.3 Å². The number of alkyl halides is 2. The van der Waals surface area contributed by atoms with E-state index in [0.717, 1.165) is 4.88 Å². The van der Waals surface area contributed by atoms with Crippen molar-refractivity contribution in [3.8, 4) is 11.5 Å². The van der Waals surface area contributed by atoms with Crippen LogP contribution in [0.2, 0.25) is 5.02 Å². The number of benzene rings is 1. The molecule has 1 aromatic heterocycles. The maximum atomic E-state index is 12.4. The highest BCUT2D eigenvalue weighted by Gasteiger charge is 2.17. The van der Waals surface area contributed by atoms with E-state index in [9.17, 15) is 13.6 Å². The molecule has 0 radical (unpaired) electrons. The highest BCUT2D eigenvalue weighted by Crippen LogP contribution is 2.37. The first-order chi connectivity index (χ1) is 10.9. The zero-order valence-electron chi connectivity index (χ0n) is 12.3. The Morgan fingerprint density at radius 2 is 2.09 bits per heavy atom. The molecule has 0 aliphatic carbocycles. The number of halogens is 3. The zero-order valence-corrected chi connectivity index (χ0v) is 13.8. The first-order valence-corrected chi connectivity index (χ1v) is 7.65. The SMILES string of the molecule is COc1cc(COC(=O)c2ccc(C)s2)cc(Cl)c1OC(F)F. The third-order valence-corrected chi connectivity index (χ3v) is 4.07. The Morgan fingerprint density at radius 3 is 2.65 bits per heavy atom. The molecule has 0 spiro atoms. The predicted octanol–water partition coefficient (Wildman–Crippen LogP) is 4.68. The minimum atomic E-state index is -3.02. The Morgan fingerprint density at radius 1 is 1.35 bits per heavy atom. The maximum absolute atomic E-state index is 12.4. The van der Waals surface area contributed by atoms with Crippen molar-refractivity contribution in [1.29, 1.82) is 0 Å². The quantitative estimate of drug-likeness (QED) is 0.700. The molecule has 1 aromatic carbocycles. The summed E-state index contributed by atoms with van der Waals surface area (Å²) in [6.45, 7) is -1.21. The number of carbonyl (C=O) groups is 1. The lowest BCUT2D eigenvalue weighted by Gasteiger charge is -2.13. The Hall–Kier alpha value is -1.86. The van der Waals surface area contributed by atoms with Crippen molar-refractivity contribution in [2.75, 3.05) is 7.11 Å². The normalized spacial score (nSPS) is 10.7. The van der Waals surface area contributed by atoms with Gasteiger partial charge in [0.1, 0.15) is 11.5 Å². The molecule has 0 atom stereocenters. The highest BCUT2D eigenvalue weighted by atomic mass is 35.5. The van der Waals surface area contributed by atoms with Gasteiger partial charge < -0.3 is 14.2 Å². The van der Waals surface area contributed by atoms with E-state index >= 15 is 0 Å². The van der Waals surface area contributed by atoms with Crippen molar-refractivity contribution in [3.05, 3.63) is 44.6 Å². The van der Waals surface area contributed by atoms with Gasteiger partial charge in [-0.3, -0.25) is 0 Å². The summed E-state index contributed by atoms with van der Waals surface area (Å²) in [4.78, 5) is 13.4. The standard InChI is InChI=1S/C15H13ClF2O4S/c1-8-3-4-12(23-8)14(19)21-7-9-5-10(16)13(22-15(17)18)11(6-9)20-2/h3-6,15H,7H2,1-2H3. The van der Waals surface area contributed by atoms with Crippen LogP contribution in [0.1, 0.15) is 20.1 Å². The smallest absolute Gasteiger partial charge is 0.387 e. The largest absolute Gasteiger partial charge is 0.493 e. The van der Waals surface area contributed by atoms with Crippen molar-refractivity contribution in [2.45, 2.75) is 20.1 Å². The van der Waals surface area contributed by atoms with Gasteiger partial charge in [0.25, 0.3) is 0 Å². The minimum Gasteiger partial charge on any atom is -0.493 e. The summed E-state index contributed by atoms with van der Waals surface area (Å²) in [5, 5.41) is -0.0531. The summed E-state index contributed by atoms with van der Waals surface area (Å²) < 4.78 is 39.2. The van der Waals surface area contributed by atoms with Crippen LogP contribution >= 0.6 is 22.9 Å². The molecule has 2 rings (SSSR count). The van der Waals surface area contributed by atoms with Crippen LogP contribution in [0.5, 0.6) is 11.5 Å². The Bertz CT molecular complexity index is 703. The number of carbonyl (C=O) groups excluding carboxylic acids is 1. The molecule has 4 nitrogen and oxygen atoms in total. The summed E-state index contributed by atoms with van der Waals surface area (Å²) in [6, 6.07) is 6.30. The van der Waals surface area contributed by atoms with Gasteiger partial charge in [-0.25, -0.2) is 4.79 Å². The molecular weight excluding hydrogens is 350 g/mol. The van der Waals surface area contributed by atoms with E-state index < -0.39 is 12.6 Å². The number of rotatable bonds is 6. The lowest BCUT2D eigenvalue weighted by Crippen LogP contribution is -2.06. The van der Waals surface area contributed by atoms with Crippen LogP contribution in [0.25, 0.3) is 0 Å². The summed E-state index contributed by atoms with van der Waals surface area (Å²) in [5.41, 5.74) is 0.495. The highest BCUT2D eigenvalue weighted by molar-refractivity contribution is 7.13. The second kappa shape index (κ2) is 7.61. The van der Waals surface area contributed by atoms with Gasteiger partial charge in [0.05, 0.1) is 12.1 Å². The van der Waals surface area contributed by atoms with Gasteiger partial charge in [-0.1, -0.05) is 11.6 Å². The fourth-order valence-corrected chi connectivity index (χ4v) is 2.86. The van der Waals surface area contributed by atoms with E-state index in [2.05, 4.69) is 4.74 Å². The van der Waals surface area contributed by atoms with Gasteiger partial charge in [0, 0.05) is 4.88 Å². The fourth-order valence-electron chi connectivity index (χ4n) is 1.82. The van der Waals surface area contributed by atoms with Gasteiger partial charge in [0.2, 0.25) is 0 Å². The third kappa shape index (κ3) is 4.56. The molecule has 23 heavy (non-hydrogen) atoms. The Labute approximate surface area is 140 Å². The summed E-state index contributed by atoms with van der Waals surface area (Å²) >= 11 is 7.24. The third-order valence-electron chi connectivity index (χ3n) is 2.81. The van der Waals surface area contributed by atoms with Crippen LogP contribution in [-0.2, 0) is 11.3 Å². The first-order valence-electron chi connectivity index (χ1n) is 6.45. The molecule has 2 aromatic rings.